The number of nitrogens with one attached hydrogen (secondary N) is 1. The number of piperazine rings is 1. The van der Waals surface area contributed by atoms with Gasteiger partial charge in [-0.1, -0.05) is 0 Å². The van der Waals surface area contributed by atoms with Gasteiger partial charge >= 0.3 is 0 Å². The molecule has 0 spiro atoms. The van der Waals surface area contributed by atoms with Crippen molar-refractivity contribution in [3.8, 4) is 5.95 Å². The Morgan fingerprint density at radius 1 is 1.24 bits per heavy atom. The number of fused-ring (bicyclic) bond motifs is 1. The van der Waals surface area contributed by atoms with E-state index in [0.717, 1.165) is 0 Å². The summed E-state index contributed by atoms with van der Waals surface area (Å²) in [4.78, 5) is 29.4. The van der Waals surface area contributed by atoms with E-state index in [0.29, 0.717) is 29.9 Å². The molecule has 11 nitrogen and oxygen atoms in total. The summed E-state index contributed by atoms with van der Waals surface area (Å²) in [5.74, 6) is 0.0184. The van der Waals surface area contributed by atoms with Crippen molar-refractivity contribution in [1.82, 2.24) is 33.6 Å². The average Bonchev–Trinajstić information content (AvgIpc) is 3.34. The Bertz CT molecular complexity index is 1230. The largest absolute Gasteiger partial charge is 0.336 e. The van der Waals surface area contributed by atoms with Gasteiger partial charge in [-0.3, -0.25) is 14.6 Å². The molecule has 3 aromatic rings. The summed E-state index contributed by atoms with van der Waals surface area (Å²) < 4.78 is 28.2. The maximum atomic E-state index is 12.9. The fraction of sp³-hybridized carbons (Fsp3) is 0.412. The molecule has 1 amide bonds. The third kappa shape index (κ3) is 3.34. The molecule has 1 aliphatic heterocycles. The lowest BCUT2D eigenvalue weighted by Gasteiger charge is -2.33. The highest BCUT2D eigenvalue weighted by atomic mass is 32.2. The second kappa shape index (κ2) is 7.12. The summed E-state index contributed by atoms with van der Waals surface area (Å²) in [5.41, 5.74) is 1.02. The standard InChI is InChI=1S/C17H21N7O4S/c1-3-29(27,28)22-9-7-21(8-10-22)16(26)13-11-18-24(12(13)2)17-19-15(25)14-5-4-6-23(14)20-17/h4-6,11H,3,7-10H2,1-2H3,(H,19,20,25). The minimum Gasteiger partial charge on any atom is -0.336 e. The van der Waals surface area contributed by atoms with Gasteiger partial charge in [-0.2, -0.15) is 9.40 Å². The number of hydrogen-bond acceptors (Lipinski definition) is 6. The van der Waals surface area contributed by atoms with Crippen molar-refractivity contribution in [2.24, 2.45) is 0 Å². The van der Waals surface area contributed by atoms with Gasteiger partial charge in [0.05, 0.1) is 23.2 Å². The topological polar surface area (TPSA) is 126 Å². The van der Waals surface area contributed by atoms with Crippen LogP contribution in [0.5, 0.6) is 0 Å². The van der Waals surface area contributed by atoms with Crippen molar-refractivity contribution >= 4 is 21.4 Å². The molecule has 1 aliphatic rings. The first-order chi connectivity index (χ1) is 13.8. The average molecular weight is 419 g/mol. The number of nitrogens with zero attached hydrogens (tertiary/aromatic N) is 6. The van der Waals surface area contributed by atoms with Gasteiger partial charge in [0, 0.05) is 32.4 Å². The monoisotopic (exact) mass is 419 g/mol. The molecule has 0 aliphatic carbocycles. The van der Waals surface area contributed by atoms with Crippen LogP contribution in [0.25, 0.3) is 11.5 Å². The molecule has 0 atom stereocenters. The summed E-state index contributed by atoms with van der Waals surface area (Å²) in [5, 5.41) is 8.54. The maximum absolute atomic E-state index is 12.9. The lowest BCUT2D eigenvalue weighted by molar-refractivity contribution is 0.0697. The first-order valence-corrected chi connectivity index (χ1v) is 10.8. The molecule has 12 heteroatoms. The van der Waals surface area contributed by atoms with Crippen molar-refractivity contribution < 1.29 is 13.2 Å². The number of aromatic nitrogens is 5. The van der Waals surface area contributed by atoms with Gasteiger partial charge in [0.15, 0.2) is 0 Å². The molecule has 0 bridgehead atoms. The Hall–Kier alpha value is -2.99. The van der Waals surface area contributed by atoms with Crippen LogP contribution in [0.15, 0.2) is 29.3 Å². The highest BCUT2D eigenvalue weighted by Gasteiger charge is 2.29. The molecule has 29 heavy (non-hydrogen) atoms. The van der Waals surface area contributed by atoms with E-state index >= 15 is 0 Å². The van der Waals surface area contributed by atoms with E-state index in [-0.39, 0.29) is 36.3 Å². The van der Waals surface area contributed by atoms with Gasteiger partial charge in [0.2, 0.25) is 16.0 Å². The Morgan fingerprint density at radius 2 is 1.97 bits per heavy atom. The zero-order chi connectivity index (χ0) is 20.8. The summed E-state index contributed by atoms with van der Waals surface area (Å²) in [6.45, 7) is 4.49. The highest BCUT2D eigenvalue weighted by molar-refractivity contribution is 7.89. The van der Waals surface area contributed by atoms with Crippen molar-refractivity contribution in [2.75, 3.05) is 31.9 Å². The predicted octanol–water partition coefficient (Wildman–Crippen LogP) is -0.376. The third-order valence-corrected chi connectivity index (χ3v) is 7.00. The van der Waals surface area contributed by atoms with Crippen molar-refractivity contribution in [1.29, 1.82) is 0 Å². The summed E-state index contributed by atoms with van der Waals surface area (Å²) in [6, 6.07) is 3.36. The van der Waals surface area contributed by atoms with Crippen LogP contribution in [0.1, 0.15) is 23.0 Å². The van der Waals surface area contributed by atoms with Gasteiger partial charge in [0.25, 0.3) is 11.5 Å². The maximum Gasteiger partial charge on any atom is 0.276 e. The Balaban J connectivity index is 1.57. The van der Waals surface area contributed by atoms with E-state index in [1.807, 2.05) is 0 Å². The molecular weight excluding hydrogens is 398 g/mol. The van der Waals surface area contributed by atoms with Crippen LogP contribution >= 0.6 is 0 Å². The summed E-state index contributed by atoms with van der Waals surface area (Å²) >= 11 is 0. The smallest absolute Gasteiger partial charge is 0.276 e. The lowest BCUT2D eigenvalue weighted by Crippen LogP contribution is -2.50. The van der Waals surface area contributed by atoms with Crippen LogP contribution in [-0.4, -0.2) is 79.8 Å². The van der Waals surface area contributed by atoms with E-state index in [9.17, 15) is 18.0 Å². The van der Waals surface area contributed by atoms with E-state index in [1.165, 1.54) is 19.7 Å². The van der Waals surface area contributed by atoms with Crippen LogP contribution in [0.2, 0.25) is 0 Å². The first kappa shape index (κ1) is 19.3. The quantitative estimate of drug-likeness (QED) is 0.615. The molecule has 4 heterocycles. The number of H-pyrrole nitrogens is 1. The van der Waals surface area contributed by atoms with E-state index < -0.39 is 10.0 Å². The van der Waals surface area contributed by atoms with Crippen molar-refractivity contribution in [3.63, 3.8) is 0 Å². The minimum atomic E-state index is -3.26. The normalized spacial score (nSPS) is 15.9. The van der Waals surface area contributed by atoms with Gasteiger partial charge < -0.3 is 4.90 Å². The fourth-order valence-corrected chi connectivity index (χ4v) is 4.47. The molecule has 154 valence electrons. The Labute approximate surface area is 166 Å². The first-order valence-electron chi connectivity index (χ1n) is 9.21. The zero-order valence-electron chi connectivity index (χ0n) is 16.1. The van der Waals surface area contributed by atoms with E-state index in [4.69, 9.17) is 0 Å². The van der Waals surface area contributed by atoms with E-state index in [2.05, 4.69) is 15.2 Å². The number of carbonyl (C=O) groups excluding carboxylic acids is 1. The van der Waals surface area contributed by atoms with Crippen LogP contribution in [-0.2, 0) is 10.0 Å². The molecule has 0 unspecified atom stereocenters. The molecule has 4 rings (SSSR count). The van der Waals surface area contributed by atoms with Crippen LogP contribution in [0.4, 0.5) is 0 Å². The lowest BCUT2D eigenvalue weighted by atomic mass is 10.2. The van der Waals surface area contributed by atoms with Gasteiger partial charge in [-0.15, -0.1) is 5.10 Å². The Kier molecular flexibility index (Phi) is 4.74. The number of amides is 1. The van der Waals surface area contributed by atoms with Crippen LogP contribution in [0, 0.1) is 6.92 Å². The predicted molar refractivity (Wildman–Crippen MR) is 105 cm³/mol. The van der Waals surface area contributed by atoms with Crippen molar-refractivity contribution in [2.45, 2.75) is 13.8 Å². The SMILES string of the molecule is CCS(=O)(=O)N1CCN(C(=O)c2cnn(-c3nn4cccc4c(=O)[nH]3)c2C)CC1. The minimum absolute atomic E-state index is 0.0454. The second-order valence-electron chi connectivity index (χ2n) is 6.76. The van der Waals surface area contributed by atoms with Gasteiger partial charge in [-0.05, 0) is 26.0 Å². The summed E-state index contributed by atoms with van der Waals surface area (Å²) in [6.07, 6.45) is 3.09. The number of sulfonamides is 1. The summed E-state index contributed by atoms with van der Waals surface area (Å²) in [7, 11) is -3.26. The number of rotatable bonds is 4. The Morgan fingerprint density at radius 3 is 2.66 bits per heavy atom. The van der Waals surface area contributed by atoms with Gasteiger partial charge in [0.1, 0.15) is 5.52 Å². The zero-order valence-corrected chi connectivity index (χ0v) is 16.9. The van der Waals surface area contributed by atoms with Gasteiger partial charge in [-0.25, -0.2) is 17.6 Å². The molecule has 3 aromatic heterocycles. The highest BCUT2D eigenvalue weighted by Crippen LogP contribution is 2.16. The number of hydrogen-bond donors (Lipinski definition) is 1. The molecule has 1 fully saturated rings. The number of aromatic amines is 1. The second-order valence-corrected chi connectivity index (χ2v) is 9.02. The third-order valence-electron chi connectivity index (χ3n) is 5.11. The molecule has 0 saturated carbocycles. The molecule has 1 saturated heterocycles. The fourth-order valence-electron chi connectivity index (χ4n) is 3.38. The van der Waals surface area contributed by atoms with E-state index in [1.54, 1.807) is 37.1 Å². The molecule has 0 radical (unpaired) electrons. The molecule has 0 aromatic carbocycles. The number of carbonyl (C=O) groups is 1. The molecular formula is C17H21N7O4S. The molecule has 1 N–H and O–H groups in total. The van der Waals surface area contributed by atoms with Crippen molar-refractivity contribution in [3.05, 3.63) is 46.1 Å². The van der Waals surface area contributed by atoms with Crippen LogP contribution in [0.3, 0.4) is 0 Å². The van der Waals surface area contributed by atoms with Crippen LogP contribution < -0.4 is 5.56 Å².